The maximum absolute atomic E-state index is 13.4. The minimum absolute atomic E-state index is 0.257. The van der Waals surface area contributed by atoms with Crippen LogP contribution in [-0.2, 0) is 0 Å². The first-order chi connectivity index (χ1) is 9.40. The summed E-state index contributed by atoms with van der Waals surface area (Å²) < 4.78 is 32.1. The molecule has 0 N–H and O–H groups in total. The van der Waals surface area contributed by atoms with Gasteiger partial charge in [-0.05, 0) is 32.0 Å². The van der Waals surface area contributed by atoms with Crippen LogP contribution < -0.4 is 0 Å². The summed E-state index contributed by atoms with van der Waals surface area (Å²) in [4.78, 5) is 23.8. The number of hydrogen-bond acceptors (Lipinski definition) is 3. The minimum Gasteiger partial charge on any atom is -0.466 e. The van der Waals surface area contributed by atoms with E-state index >= 15 is 0 Å². The number of halogens is 2. The second-order valence-electron chi connectivity index (χ2n) is 4.45. The maximum atomic E-state index is 13.4. The summed E-state index contributed by atoms with van der Waals surface area (Å²) in [5.74, 6) is -2.42. The van der Waals surface area contributed by atoms with E-state index in [0.717, 1.165) is 18.2 Å². The van der Waals surface area contributed by atoms with Crippen LogP contribution in [0.4, 0.5) is 8.78 Å². The van der Waals surface area contributed by atoms with Gasteiger partial charge in [-0.3, -0.25) is 9.59 Å². The van der Waals surface area contributed by atoms with E-state index in [4.69, 9.17) is 4.42 Å². The monoisotopic (exact) mass is 278 g/mol. The first kappa shape index (κ1) is 14.1. The van der Waals surface area contributed by atoms with Crippen molar-refractivity contribution >= 4 is 11.6 Å². The van der Waals surface area contributed by atoms with E-state index < -0.39 is 35.2 Å². The van der Waals surface area contributed by atoms with Crippen LogP contribution in [0.15, 0.2) is 28.7 Å². The van der Waals surface area contributed by atoms with Crippen molar-refractivity contribution in [1.82, 2.24) is 0 Å². The molecule has 5 heteroatoms. The van der Waals surface area contributed by atoms with Gasteiger partial charge in [0, 0.05) is 0 Å². The lowest BCUT2D eigenvalue weighted by atomic mass is 10.0. The zero-order chi connectivity index (χ0) is 14.9. The Morgan fingerprint density at radius 3 is 2.20 bits per heavy atom. The first-order valence-corrected chi connectivity index (χ1v) is 5.97. The van der Waals surface area contributed by atoms with Gasteiger partial charge in [0.15, 0.2) is 11.6 Å². The quantitative estimate of drug-likeness (QED) is 0.633. The van der Waals surface area contributed by atoms with Crippen molar-refractivity contribution in [3.05, 3.63) is 58.5 Å². The molecule has 0 fully saturated rings. The molecule has 1 aromatic carbocycles. The molecule has 0 saturated carbocycles. The number of furan rings is 1. The lowest BCUT2D eigenvalue weighted by Crippen LogP contribution is -2.12. The van der Waals surface area contributed by atoms with E-state index in [9.17, 15) is 18.4 Å². The summed E-state index contributed by atoms with van der Waals surface area (Å²) in [6.45, 7) is 3.26. The summed E-state index contributed by atoms with van der Waals surface area (Å²) in [5.41, 5.74) is -0.425. The third kappa shape index (κ3) is 2.66. The predicted molar refractivity (Wildman–Crippen MR) is 67.8 cm³/mol. The number of ketones is 2. The van der Waals surface area contributed by atoms with Crippen LogP contribution in [0.3, 0.4) is 0 Å². The molecule has 0 aliphatic rings. The van der Waals surface area contributed by atoms with E-state index in [0.29, 0.717) is 11.5 Å². The predicted octanol–water partition coefficient (Wildman–Crippen LogP) is 3.63. The number of carbonyl (C=O) groups excluding carboxylic acids is 2. The molecule has 0 bridgehead atoms. The Morgan fingerprint density at radius 1 is 1.10 bits per heavy atom. The van der Waals surface area contributed by atoms with Crippen LogP contribution in [0.2, 0.25) is 0 Å². The third-order valence-corrected chi connectivity index (χ3v) is 2.90. The smallest absolute Gasteiger partial charge is 0.176 e. The van der Waals surface area contributed by atoms with Crippen molar-refractivity contribution in [2.24, 2.45) is 0 Å². The molecule has 1 heterocycles. The van der Waals surface area contributed by atoms with E-state index in [-0.39, 0.29) is 5.56 Å². The molecule has 2 rings (SSSR count). The molecule has 1 aromatic heterocycles. The van der Waals surface area contributed by atoms with E-state index in [1.54, 1.807) is 13.8 Å². The Bertz CT molecular complexity index is 666. The van der Waals surface area contributed by atoms with Crippen molar-refractivity contribution < 1.29 is 22.8 Å². The van der Waals surface area contributed by atoms with Crippen LogP contribution in [0, 0.1) is 25.5 Å². The fourth-order valence-electron chi connectivity index (χ4n) is 2.00. The van der Waals surface area contributed by atoms with Gasteiger partial charge in [0.2, 0.25) is 0 Å². The van der Waals surface area contributed by atoms with E-state index in [2.05, 4.69) is 0 Å². The van der Waals surface area contributed by atoms with Gasteiger partial charge in [-0.25, -0.2) is 8.78 Å². The highest BCUT2D eigenvalue weighted by Gasteiger charge is 2.22. The summed E-state index contributed by atoms with van der Waals surface area (Å²) in [7, 11) is 0. The van der Waals surface area contributed by atoms with Gasteiger partial charge < -0.3 is 4.42 Å². The van der Waals surface area contributed by atoms with Gasteiger partial charge in [-0.1, -0.05) is 6.07 Å². The number of aryl methyl sites for hydroxylation is 2. The molecule has 0 atom stereocenters. The standard InChI is InChI=1S/C15H12F2O3/c1-8-6-10(9(2)20-8)13(18)7-14(19)15-11(16)4-3-5-12(15)17/h3-6H,7H2,1-2H3. The van der Waals surface area contributed by atoms with Crippen LogP contribution in [0.1, 0.15) is 38.7 Å². The fourth-order valence-corrected chi connectivity index (χ4v) is 2.00. The molecule has 0 spiro atoms. The number of hydrogen-bond donors (Lipinski definition) is 0. The molecular weight excluding hydrogens is 266 g/mol. The van der Waals surface area contributed by atoms with Gasteiger partial charge in [0.1, 0.15) is 23.2 Å². The van der Waals surface area contributed by atoms with Crippen LogP contribution in [0.25, 0.3) is 0 Å². The van der Waals surface area contributed by atoms with Crippen molar-refractivity contribution in [3.63, 3.8) is 0 Å². The molecular formula is C15H12F2O3. The zero-order valence-corrected chi connectivity index (χ0v) is 11.0. The van der Waals surface area contributed by atoms with Gasteiger partial charge in [-0.15, -0.1) is 0 Å². The Hall–Kier alpha value is -2.30. The molecule has 3 nitrogen and oxygen atoms in total. The molecule has 0 aliphatic carbocycles. The molecule has 104 valence electrons. The summed E-state index contributed by atoms with van der Waals surface area (Å²) >= 11 is 0. The largest absolute Gasteiger partial charge is 0.466 e. The minimum atomic E-state index is -0.970. The lowest BCUT2D eigenvalue weighted by Gasteiger charge is -2.03. The highest BCUT2D eigenvalue weighted by molar-refractivity contribution is 6.14. The Balaban J connectivity index is 2.24. The average molecular weight is 278 g/mol. The molecule has 0 aliphatic heterocycles. The van der Waals surface area contributed by atoms with Crippen LogP contribution in [-0.4, -0.2) is 11.6 Å². The Kier molecular flexibility index (Phi) is 3.79. The maximum Gasteiger partial charge on any atom is 0.176 e. The Morgan fingerprint density at radius 2 is 1.70 bits per heavy atom. The van der Waals surface area contributed by atoms with Crippen molar-refractivity contribution in [2.75, 3.05) is 0 Å². The molecule has 0 amide bonds. The highest BCUT2D eigenvalue weighted by atomic mass is 19.1. The number of carbonyl (C=O) groups is 2. The normalized spacial score (nSPS) is 10.6. The lowest BCUT2D eigenvalue weighted by molar-refractivity contribution is 0.0889. The Labute approximate surface area is 114 Å². The van der Waals surface area contributed by atoms with Crippen LogP contribution in [0.5, 0.6) is 0 Å². The SMILES string of the molecule is Cc1cc(C(=O)CC(=O)c2c(F)cccc2F)c(C)o1. The van der Waals surface area contributed by atoms with Gasteiger partial charge in [-0.2, -0.15) is 0 Å². The second kappa shape index (κ2) is 5.36. The summed E-state index contributed by atoms with van der Waals surface area (Å²) in [6.07, 6.45) is -0.600. The van der Waals surface area contributed by atoms with Crippen LogP contribution >= 0.6 is 0 Å². The second-order valence-corrected chi connectivity index (χ2v) is 4.45. The molecule has 0 unspecified atom stereocenters. The van der Waals surface area contributed by atoms with Gasteiger partial charge in [0.05, 0.1) is 17.5 Å². The van der Waals surface area contributed by atoms with E-state index in [1.807, 2.05) is 0 Å². The topological polar surface area (TPSA) is 47.3 Å². The first-order valence-electron chi connectivity index (χ1n) is 5.97. The number of Topliss-reactive ketones (excluding diaryl/α,β-unsaturated/α-hetero) is 2. The van der Waals surface area contributed by atoms with Crippen molar-refractivity contribution in [1.29, 1.82) is 0 Å². The highest BCUT2D eigenvalue weighted by Crippen LogP contribution is 2.19. The molecule has 20 heavy (non-hydrogen) atoms. The van der Waals surface area contributed by atoms with E-state index in [1.165, 1.54) is 6.07 Å². The van der Waals surface area contributed by atoms with Crippen molar-refractivity contribution in [2.45, 2.75) is 20.3 Å². The number of benzene rings is 1. The average Bonchev–Trinajstić information content (AvgIpc) is 2.68. The van der Waals surface area contributed by atoms with Crippen molar-refractivity contribution in [3.8, 4) is 0 Å². The summed E-state index contributed by atoms with van der Waals surface area (Å²) in [5, 5.41) is 0. The number of rotatable bonds is 4. The molecule has 0 saturated heterocycles. The molecule has 0 radical (unpaired) electrons. The molecule has 2 aromatic rings. The fraction of sp³-hybridized carbons (Fsp3) is 0.200. The van der Waals surface area contributed by atoms with Gasteiger partial charge >= 0.3 is 0 Å². The van der Waals surface area contributed by atoms with Gasteiger partial charge in [0.25, 0.3) is 0 Å². The zero-order valence-electron chi connectivity index (χ0n) is 11.0. The third-order valence-electron chi connectivity index (χ3n) is 2.90. The summed E-state index contributed by atoms with van der Waals surface area (Å²) in [6, 6.07) is 4.62.